The summed E-state index contributed by atoms with van der Waals surface area (Å²) in [6.07, 6.45) is 0.730. The highest BCUT2D eigenvalue weighted by atomic mass is 32.1. The maximum atomic E-state index is 13.5. The lowest BCUT2D eigenvalue weighted by atomic mass is 10.1. The maximum absolute atomic E-state index is 13.5. The number of halogens is 1. The molecular weight excluding hydrogens is 375 g/mol. The Morgan fingerprint density at radius 3 is 2.68 bits per heavy atom. The highest BCUT2D eigenvalue weighted by Gasteiger charge is 2.23. The van der Waals surface area contributed by atoms with Gasteiger partial charge in [0.05, 0.1) is 25.1 Å². The second-order valence-corrected chi connectivity index (χ2v) is 7.89. The molecule has 0 saturated carbocycles. The van der Waals surface area contributed by atoms with E-state index in [1.165, 1.54) is 23.5 Å². The van der Waals surface area contributed by atoms with Gasteiger partial charge in [-0.05, 0) is 41.8 Å². The Morgan fingerprint density at radius 2 is 1.89 bits per heavy atom. The van der Waals surface area contributed by atoms with E-state index >= 15 is 0 Å². The van der Waals surface area contributed by atoms with E-state index in [0.29, 0.717) is 31.0 Å². The highest BCUT2D eigenvalue weighted by molar-refractivity contribution is 7.18. The number of hydrogen-bond acceptors (Lipinski definition) is 4. The van der Waals surface area contributed by atoms with Crippen molar-refractivity contribution >= 4 is 21.6 Å². The van der Waals surface area contributed by atoms with Crippen molar-refractivity contribution in [1.82, 2.24) is 9.55 Å². The summed E-state index contributed by atoms with van der Waals surface area (Å²) < 4.78 is 20.7. The number of benzene rings is 2. The molecule has 140 valence electrons. The molecule has 2 aromatic carbocycles. The minimum atomic E-state index is -0.314. The first-order valence-electron chi connectivity index (χ1n) is 9.13. The van der Waals surface area contributed by atoms with Crippen LogP contribution in [-0.4, -0.2) is 16.2 Å². The van der Waals surface area contributed by atoms with E-state index in [-0.39, 0.29) is 11.4 Å². The number of ether oxygens (including phenoxy) is 1. The molecule has 0 aliphatic carbocycles. The SMILES string of the molecule is O=c1c2c3c(sc2nc(-c2ccc(F)cc2)n1Cc1ccccc1)COCC3. The lowest BCUT2D eigenvalue weighted by Crippen LogP contribution is -2.24. The van der Waals surface area contributed by atoms with Crippen LogP contribution in [0.5, 0.6) is 0 Å². The second-order valence-electron chi connectivity index (χ2n) is 6.81. The summed E-state index contributed by atoms with van der Waals surface area (Å²) in [4.78, 5) is 20.2. The summed E-state index contributed by atoms with van der Waals surface area (Å²) in [5, 5.41) is 0.699. The Kier molecular flexibility index (Phi) is 4.30. The van der Waals surface area contributed by atoms with Gasteiger partial charge in [0.25, 0.3) is 5.56 Å². The first kappa shape index (κ1) is 17.3. The number of rotatable bonds is 3. The largest absolute Gasteiger partial charge is 0.376 e. The summed E-state index contributed by atoms with van der Waals surface area (Å²) in [6, 6.07) is 16.0. The first-order chi connectivity index (χ1) is 13.7. The fourth-order valence-corrected chi connectivity index (χ4v) is 4.78. The molecule has 3 heterocycles. The lowest BCUT2D eigenvalue weighted by molar-refractivity contribution is 0.114. The molecule has 4 nitrogen and oxygen atoms in total. The van der Waals surface area contributed by atoms with Crippen LogP contribution < -0.4 is 5.56 Å². The third-order valence-corrected chi connectivity index (χ3v) is 6.11. The van der Waals surface area contributed by atoms with Crippen molar-refractivity contribution in [3.05, 3.63) is 86.8 Å². The average molecular weight is 392 g/mol. The van der Waals surface area contributed by atoms with Crippen molar-refractivity contribution in [2.75, 3.05) is 6.61 Å². The van der Waals surface area contributed by atoms with Crippen molar-refractivity contribution in [3.63, 3.8) is 0 Å². The number of fused-ring (bicyclic) bond motifs is 3. The molecule has 1 aliphatic heterocycles. The van der Waals surface area contributed by atoms with Crippen molar-refractivity contribution in [2.24, 2.45) is 0 Å². The number of hydrogen-bond donors (Lipinski definition) is 0. The summed E-state index contributed by atoms with van der Waals surface area (Å²) in [5.74, 6) is 0.242. The molecule has 0 saturated heterocycles. The molecule has 4 aromatic rings. The van der Waals surface area contributed by atoms with Crippen LogP contribution in [0.1, 0.15) is 16.0 Å². The Hall–Kier alpha value is -2.83. The lowest BCUT2D eigenvalue weighted by Gasteiger charge is -2.14. The normalized spacial score (nSPS) is 13.6. The third kappa shape index (κ3) is 2.95. The molecule has 0 amide bonds. The van der Waals surface area contributed by atoms with E-state index < -0.39 is 0 Å². The van der Waals surface area contributed by atoms with Gasteiger partial charge >= 0.3 is 0 Å². The molecule has 0 bridgehead atoms. The monoisotopic (exact) mass is 392 g/mol. The molecule has 6 heteroatoms. The van der Waals surface area contributed by atoms with Crippen LogP contribution in [-0.2, 0) is 24.3 Å². The van der Waals surface area contributed by atoms with Gasteiger partial charge in [-0.3, -0.25) is 9.36 Å². The van der Waals surface area contributed by atoms with Gasteiger partial charge in [0.1, 0.15) is 16.5 Å². The van der Waals surface area contributed by atoms with E-state index in [0.717, 1.165) is 32.8 Å². The molecule has 0 N–H and O–H groups in total. The number of aromatic nitrogens is 2. The maximum Gasteiger partial charge on any atom is 0.263 e. The van der Waals surface area contributed by atoms with Crippen molar-refractivity contribution in [1.29, 1.82) is 0 Å². The molecule has 5 rings (SSSR count). The number of nitrogens with zero attached hydrogens (tertiary/aromatic N) is 2. The van der Waals surface area contributed by atoms with Gasteiger partial charge in [-0.2, -0.15) is 0 Å². The fraction of sp³-hybridized carbons (Fsp3) is 0.182. The van der Waals surface area contributed by atoms with Crippen LogP contribution in [0, 0.1) is 5.82 Å². The Balaban J connectivity index is 1.77. The van der Waals surface area contributed by atoms with Crippen molar-refractivity contribution < 1.29 is 9.13 Å². The smallest absolute Gasteiger partial charge is 0.263 e. The molecular formula is C22H17FN2O2S. The van der Waals surface area contributed by atoms with E-state index in [2.05, 4.69) is 0 Å². The molecule has 28 heavy (non-hydrogen) atoms. The van der Waals surface area contributed by atoms with E-state index in [4.69, 9.17) is 9.72 Å². The molecule has 0 unspecified atom stereocenters. The van der Waals surface area contributed by atoms with E-state index in [1.54, 1.807) is 16.7 Å². The van der Waals surface area contributed by atoms with Crippen molar-refractivity contribution in [2.45, 2.75) is 19.6 Å². The quantitative estimate of drug-likeness (QED) is 0.520. The summed E-state index contributed by atoms with van der Waals surface area (Å²) in [7, 11) is 0. The Morgan fingerprint density at radius 1 is 1.11 bits per heavy atom. The van der Waals surface area contributed by atoms with Gasteiger partial charge in [-0.25, -0.2) is 9.37 Å². The van der Waals surface area contributed by atoms with Crippen LogP contribution in [0.2, 0.25) is 0 Å². The van der Waals surface area contributed by atoms with Crippen LogP contribution in [0.25, 0.3) is 21.6 Å². The van der Waals surface area contributed by atoms with Crippen LogP contribution in [0.4, 0.5) is 4.39 Å². The summed E-state index contributed by atoms with van der Waals surface area (Å²) >= 11 is 1.52. The van der Waals surface area contributed by atoms with Crippen molar-refractivity contribution in [3.8, 4) is 11.4 Å². The zero-order chi connectivity index (χ0) is 19.1. The first-order valence-corrected chi connectivity index (χ1v) is 9.95. The standard InChI is InChI=1S/C22H17FN2O2S/c23-16-8-6-15(7-9-16)20-24-21-19(17-10-11-27-13-18(17)28-21)22(26)25(20)12-14-4-2-1-3-5-14/h1-9H,10-13H2. The number of thiophene rings is 1. The van der Waals surface area contributed by atoms with Gasteiger partial charge in [0, 0.05) is 10.4 Å². The van der Waals surface area contributed by atoms with Crippen LogP contribution >= 0.6 is 11.3 Å². The van der Waals surface area contributed by atoms with E-state index in [9.17, 15) is 9.18 Å². The molecule has 0 spiro atoms. The summed E-state index contributed by atoms with van der Waals surface area (Å²) in [6.45, 7) is 1.56. The van der Waals surface area contributed by atoms with Gasteiger partial charge in [-0.15, -0.1) is 11.3 Å². The van der Waals surface area contributed by atoms with E-state index in [1.807, 2.05) is 30.3 Å². The Labute approximate surface area is 164 Å². The molecule has 0 fully saturated rings. The topological polar surface area (TPSA) is 44.1 Å². The average Bonchev–Trinajstić information content (AvgIpc) is 3.10. The minimum absolute atomic E-state index is 0.0485. The van der Waals surface area contributed by atoms with Gasteiger partial charge in [0.15, 0.2) is 0 Å². The van der Waals surface area contributed by atoms with Crippen LogP contribution in [0.3, 0.4) is 0 Å². The predicted molar refractivity (Wildman–Crippen MR) is 108 cm³/mol. The van der Waals surface area contributed by atoms with Gasteiger partial charge in [0.2, 0.25) is 0 Å². The zero-order valence-corrected chi connectivity index (χ0v) is 15.8. The van der Waals surface area contributed by atoms with Gasteiger partial charge in [-0.1, -0.05) is 30.3 Å². The zero-order valence-electron chi connectivity index (χ0n) is 15.0. The molecule has 2 aromatic heterocycles. The minimum Gasteiger partial charge on any atom is -0.376 e. The Bertz CT molecular complexity index is 1210. The third-order valence-electron chi connectivity index (χ3n) is 5.01. The van der Waals surface area contributed by atoms with Crippen LogP contribution in [0.15, 0.2) is 59.4 Å². The predicted octanol–water partition coefficient (Wildman–Crippen LogP) is 4.39. The van der Waals surface area contributed by atoms with Gasteiger partial charge < -0.3 is 4.74 Å². The molecule has 1 aliphatic rings. The fourth-order valence-electron chi connectivity index (χ4n) is 3.64. The second kappa shape index (κ2) is 6.96. The molecule has 0 radical (unpaired) electrons. The highest BCUT2D eigenvalue weighted by Crippen LogP contribution is 2.33. The summed E-state index contributed by atoms with van der Waals surface area (Å²) in [5.41, 5.74) is 2.75. The molecule has 0 atom stereocenters.